The van der Waals surface area contributed by atoms with E-state index in [1.807, 2.05) is 6.08 Å². The van der Waals surface area contributed by atoms with Crippen molar-refractivity contribution in [1.82, 2.24) is 4.90 Å². The second-order valence-corrected chi connectivity index (χ2v) is 4.44. The second-order valence-electron chi connectivity index (χ2n) is 4.09. The van der Waals surface area contributed by atoms with Gasteiger partial charge in [-0.05, 0) is 24.4 Å². The molecule has 4 nitrogen and oxygen atoms in total. The molecule has 2 aliphatic rings. The van der Waals surface area contributed by atoms with E-state index in [-0.39, 0.29) is 11.1 Å². The summed E-state index contributed by atoms with van der Waals surface area (Å²) in [5.74, 6) is 0.150. The number of hydrogen-bond donors (Lipinski definition) is 1. The molecule has 0 aromatic carbocycles. The van der Waals surface area contributed by atoms with Gasteiger partial charge < -0.3 is 9.64 Å². The highest BCUT2D eigenvalue weighted by Gasteiger charge is 2.29. The SMILES string of the molecule is CN1C(=O)/C(=C/C=C2/CCC[NH+]2C)OC1=S. The van der Waals surface area contributed by atoms with E-state index in [0.717, 1.165) is 13.0 Å². The van der Waals surface area contributed by atoms with Gasteiger partial charge in [0.2, 0.25) is 0 Å². The van der Waals surface area contributed by atoms with Gasteiger partial charge in [0.25, 0.3) is 11.1 Å². The minimum Gasteiger partial charge on any atom is -0.426 e. The number of rotatable bonds is 1. The zero-order valence-corrected chi connectivity index (χ0v) is 10.3. The van der Waals surface area contributed by atoms with E-state index in [2.05, 4.69) is 7.05 Å². The molecule has 2 saturated heterocycles. The van der Waals surface area contributed by atoms with E-state index in [1.54, 1.807) is 13.1 Å². The Morgan fingerprint density at radius 1 is 1.50 bits per heavy atom. The molecule has 1 unspecified atom stereocenters. The molecule has 5 heteroatoms. The van der Waals surface area contributed by atoms with Crippen LogP contribution in [-0.4, -0.2) is 36.6 Å². The molecule has 0 radical (unpaired) electrons. The van der Waals surface area contributed by atoms with Crippen LogP contribution in [0.1, 0.15) is 12.8 Å². The third-order valence-electron chi connectivity index (χ3n) is 2.97. The highest BCUT2D eigenvalue weighted by atomic mass is 32.1. The molecular formula is C11H15N2O2S+. The molecule has 1 amide bonds. The van der Waals surface area contributed by atoms with Crippen LogP contribution in [0.4, 0.5) is 0 Å². The highest BCUT2D eigenvalue weighted by molar-refractivity contribution is 7.80. The highest BCUT2D eigenvalue weighted by Crippen LogP contribution is 2.15. The maximum absolute atomic E-state index is 11.6. The zero-order chi connectivity index (χ0) is 11.7. The number of nitrogens with zero attached hydrogens (tertiary/aromatic N) is 1. The molecule has 0 aromatic rings. The standard InChI is InChI=1S/C11H14N2O2S/c1-12-7-3-4-8(12)5-6-9-10(14)13(2)11(16)15-9/h5-6H,3-4,7H2,1-2H3/p+1/b8-5-,9-6-. The molecule has 0 aliphatic carbocycles. The average Bonchev–Trinajstić information content (AvgIpc) is 2.76. The number of carbonyl (C=O) groups excluding carboxylic acids is 1. The van der Waals surface area contributed by atoms with Gasteiger partial charge >= 0.3 is 0 Å². The van der Waals surface area contributed by atoms with Crippen molar-refractivity contribution >= 4 is 23.3 Å². The van der Waals surface area contributed by atoms with Gasteiger partial charge in [-0.25, -0.2) is 0 Å². The first-order valence-corrected chi connectivity index (χ1v) is 5.74. The van der Waals surface area contributed by atoms with Gasteiger partial charge in [0.05, 0.1) is 13.6 Å². The van der Waals surface area contributed by atoms with Crippen molar-refractivity contribution < 1.29 is 14.4 Å². The van der Waals surface area contributed by atoms with Gasteiger partial charge in [-0.15, -0.1) is 0 Å². The third kappa shape index (κ3) is 2.01. The van der Waals surface area contributed by atoms with Gasteiger partial charge in [0, 0.05) is 19.9 Å². The van der Waals surface area contributed by atoms with Crippen LogP contribution in [0, 0.1) is 0 Å². The maximum Gasteiger partial charge on any atom is 0.296 e. The monoisotopic (exact) mass is 239 g/mol. The number of thiocarbonyl (C=S) groups is 1. The minimum absolute atomic E-state index is 0.169. The Labute approximate surface area is 100 Å². The Kier molecular flexibility index (Phi) is 3.07. The number of ether oxygens (including phenoxy) is 1. The fourth-order valence-corrected chi connectivity index (χ4v) is 2.05. The van der Waals surface area contributed by atoms with Crippen LogP contribution in [0.2, 0.25) is 0 Å². The molecule has 16 heavy (non-hydrogen) atoms. The molecule has 0 aromatic heterocycles. The minimum atomic E-state index is -0.169. The molecule has 2 heterocycles. The summed E-state index contributed by atoms with van der Waals surface area (Å²) in [7, 11) is 3.75. The van der Waals surface area contributed by atoms with E-state index in [1.165, 1.54) is 21.9 Å². The van der Waals surface area contributed by atoms with Gasteiger partial charge in [0.15, 0.2) is 5.76 Å². The lowest BCUT2D eigenvalue weighted by Gasteiger charge is -2.04. The molecule has 86 valence electrons. The summed E-state index contributed by atoms with van der Waals surface area (Å²) in [5, 5.41) is 0.224. The summed E-state index contributed by atoms with van der Waals surface area (Å²) < 4.78 is 5.20. The van der Waals surface area contributed by atoms with Crippen LogP contribution in [0.15, 0.2) is 23.6 Å². The first kappa shape index (κ1) is 11.3. The number of quaternary nitrogens is 1. The Hall–Kier alpha value is -1.20. The first-order valence-electron chi connectivity index (χ1n) is 5.33. The van der Waals surface area contributed by atoms with Crippen LogP contribution in [0.5, 0.6) is 0 Å². The smallest absolute Gasteiger partial charge is 0.296 e. The summed E-state index contributed by atoms with van der Waals surface area (Å²) >= 11 is 4.88. The predicted octanol–water partition coefficient (Wildman–Crippen LogP) is -0.164. The summed E-state index contributed by atoms with van der Waals surface area (Å²) in [4.78, 5) is 14.4. The van der Waals surface area contributed by atoms with Gasteiger partial charge in [-0.2, -0.15) is 0 Å². The van der Waals surface area contributed by atoms with Crippen molar-refractivity contribution in [2.45, 2.75) is 12.8 Å². The number of carbonyl (C=O) groups is 1. The molecule has 0 spiro atoms. The number of likely N-dealkylation sites (tertiary alicyclic amines) is 1. The lowest BCUT2D eigenvalue weighted by Crippen LogP contribution is -3.04. The molecule has 1 N–H and O–H groups in total. The maximum atomic E-state index is 11.6. The van der Waals surface area contributed by atoms with Crippen LogP contribution >= 0.6 is 12.2 Å². The number of allylic oxidation sites excluding steroid dienone is 3. The van der Waals surface area contributed by atoms with E-state index in [0.29, 0.717) is 5.76 Å². The van der Waals surface area contributed by atoms with Crippen LogP contribution in [0.25, 0.3) is 0 Å². The Balaban J connectivity index is 2.14. The van der Waals surface area contributed by atoms with Crippen molar-refractivity contribution in [1.29, 1.82) is 0 Å². The molecule has 0 saturated carbocycles. The van der Waals surface area contributed by atoms with Crippen LogP contribution < -0.4 is 4.90 Å². The first-order chi connectivity index (χ1) is 7.59. The second kappa shape index (κ2) is 4.35. The van der Waals surface area contributed by atoms with Gasteiger partial charge in [-0.1, -0.05) is 0 Å². The number of amides is 1. The lowest BCUT2D eigenvalue weighted by molar-refractivity contribution is -0.828. The fraction of sp³-hybridized carbons (Fsp3) is 0.455. The number of nitrogens with one attached hydrogen (secondary N) is 1. The van der Waals surface area contributed by atoms with Crippen molar-refractivity contribution in [3.05, 3.63) is 23.6 Å². The molecule has 1 atom stereocenters. The largest absolute Gasteiger partial charge is 0.426 e. The third-order valence-corrected chi connectivity index (χ3v) is 3.33. The van der Waals surface area contributed by atoms with Crippen molar-refractivity contribution in [3.8, 4) is 0 Å². The summed E-state index contributed by atoms with van der Waals surface area (Å²) in [6.07, 6.45) is 5.98. The molecule has 0 bridgehead atoms. The fourth-order valence-electron chi connectivity index (χ4n) is 1.88. The molecule has 2 aliphatic heterocycles. The molecule has 2 fully saturated rings. The van der Waals surface area contributed by atoms with Crippen LogP contribution in [-0.2, 0) is 9.53 Å². The Morgan fingerprint density at radius 3 is 2.75 bits per heavy atom. The Bertz CT molecular complexity index is 401. The Morgan fingerprint density at radius 2 is 2.25 bits per heavy atom. The van der Waals surface area contributed by atoms with Crippen molar-refractivity contribution in [2.75, 3.05) is 20.6 Å². The van der Waals surface area contributed by atoms with Gasteiger partial charge in [0.1, 0.15) is 5.70 Å². The van der Waals surface area contributed by atoms with E-state index >= 15 is 0 Å². The van der Waals surface area contributed by atoms with E-state index in [4.69, 9.17) is 17.0 Å². The zero-order valence-electron chi connectivity index (χ0n) is 9.45. The quantitative estimate of drug-likeness (QED) is 0.510. The topological polar surface area (TPSA) is 34.0 Å². The molecule has 2 rings (SSSR count). The van der Waals surface area contributed by atoms with E-state index < -0.39 is 0 Å². The van der Waals surface area contributed by atoms with Gasteiger partial charge in [-0.3, -0.25) is 9.69 Å². The van der Waals surface area contributed by atoms with Crippen molar-refractivity contribution in [3.63, 3.8) is 0 Å². The van der Waals surface area contributed by atoms with Crippen LogP contribution in [0.3, 0.4) is 0 Å². The average molecular weight is 239 g/mol. The lowest BCUT2D eigenvalue weighted by atomic mass is 10.3. The van der Waals surface area contributed by atoms with Crippen molar-refractivity contribution in [2.24, 2.45) is 0 Å². The van der Waals surface area contributed by atoms with E-state index in [9.17, 15) is 4.79 Å². The summed E-state index contributed by atoms with van der Waals surface area (Å²) in [6, 6.07) is 0. The summed E-state index contributed by atoms with van der Waals surface area (Å²) in [5.41, 5.74) is 1.31. The number of likely N-dealkylation sites (N-methyl/N-ethyl adjacent to an activating group) is 1. The molecular weight excluding hydrogens is 224 g/mol. The number of hydrogen-bond acceptors (Lipinski definition) is 3. The normalized spacial score (nSPS) is 30.6. The predicted molar refractivity (Wildman–Crippen MR) is 63.6 cm³/mol. The summed E-state index contributed by atoms with van der Waals surface area (Å²) in [6.45, 7) is 1.15.